The van der Waals surface area contributed by atoms with Gasteiger partial charge in [0.25, 0.3) is 0 Å². The van der Waals surface area contributed by atoms with Gasteiger partial charge in [-0.1, -0.05) is 24.6 Å². The molecule has 0 aromatic heterocycles. The summed E-state index contributed by atoms with van der Waals surface area (Å²) < 4.78 is 0. The quantitative estimate of drug-likeness (QED) is 0.866. The molecular weight excluding hydrogens is 210 g/mol. The van der Waals surface area contributed by atoms with E-state index in [9.17, 15) is 4.79 Å². The van der Waals surface area contributed by atoms with Crippen molar-refractivity contribution in [2.24, 2.45) is 0 Å². The molecule has 2 nitrogen and oxygen atoms in total. The van der Waals surface area contributed by atoms with Crippen molar-refractivity contribution in [3.05, 3.63) is 34.9 Å². The van der Waals surface area contributed by atoms with E-state index < -0.39 is 0 Å². The van der Waals surface area contributed by atoms with Crippen LogP contribution >= 0.6 is 0 Å². The number of carbonyl (C=O) groups excluding carboxylic acids is 1. The summed E-state index contributed by atoms with van der Waals surface area (Å²) in [6.45, 7) is 5.16. The molecule has 2 heteroatoms. The molecule has 0 amide bonds. The summed E-state index contributed by atoms with van der Waals surface area (Å²) in [5, 5.41) is 3.33. The van der Waals surface area contributed by atoms with Gasteiger partial charge in [-0.2, -0.15) is 0 Å². The maximum Gasteiger partial charge on any atom is 0.154 e. The Bertz CT molecular complexity index is 385. The Morgan fingerprint density at radius 3 is 2.59 bits per heavy atom. The second-order valence-corrected chi connectivity index (χ2v) is 5.02. The van der Waals surface area contributed by atoms with E-state index in [0.717, 1.165) is 13.0 Å². The van der Waals surface area contributed by atoms with Crippen molar-refractivity contribution >= 4 is 5.78 Å². The van der Waals surface area contributed by atoms with Crippen LogP contribution in [0.2, 0.25) is 0 Å². The number of ketones is 1. The lowest BCUT2D eigenvalue weighted by Gasteiger charge is -2.22. The smallest absolute Gasteiger partial charge is 0.154 e. The van der Waals surface area contributed by atoms with Crippen LogP contribution in [0.15, 0.2) is 18.2 Å². The zero-order valence-corrected chi connectivity index (χ0v) is 10.8. The van der Waals surface area contributed by atoms with E-state index >= 15 is 0 Å². The van der Waals surface area contributed by atoms with Gasteiger partial charge in [0.15, 0.2) is 5.78 Å². The lowest BCUT2D eigenvalue weighted by atomic mass is 9.92. The van der Waals surface area contributed by atoms with Gasteiger partial charge in [0.2, 0.25) is 0 Å². The van der Waals surface area contributed by atoms with Crippen molar-refractivity contribution in [3.8, 4) is 0 Å². The fourth-order valence-corrected chi connectivity index (χ4v) is 2.55. The molecule has 1 N–H and O–H groups in total. The molecule has 0 spiro atoms. The number of hydrogen-bond donors (Lipinski definition) is 1. The maximum absolute atomic E-state index is 12.2. The first-order chi connectivity index (χ1) is 8.18. The summed E-state index contributed by atoms with van der Waals surface area (Å²) in [5.74, 6) is 0.349. The van der Waals surface area contributed by atoms with Crippen LogP contribution in [-0.2, 0) is 11.2 Å². The molecule has 0 radical (unpaired) electrons. The molecule has 1 aromatic rings. The summed E-state index contributed by atoms with van der Waals surface area (Å²) in [6.07, 6.45) is 3.96. The minimum Gasteiger partial charge on any atom is -0.307 e. The number of aryl methyl sites for hydroxylation is 2. The van der Waals surface area contributed by atoms with Crippen molar-refractivity contribution in [1.82, 2.24) is 5.32 Å². The average Bonchev–Trinajstić information content (AvgIpc) is 2.35. The fourth-order valence-electron chi connectivity index (χ4n) is 2.55. The summed E-state index contributed by atoms with van der Waals surface area (Å²) in [5.41, 5.74) is 3.67. The van der Waals surface area contributed by atoms with Gasteiger partial charge >= 0.3 is 0 Å². The number of rotatable bonds is 3. The third-order valence-corrected chi connectivity index (χ3v) is 3.69. The SMILES string of the molecule is Cc1cccc(C)c1CC(=O)[C@@H]1CCCCN1. The van der Waals surface area contributed by atoms with Gasteiger partial charge < -0.3 is 5.32 Å². The molecule has 1 aliphatic rings. The molecule has 1 heterocycles. The molecule has 0 unspecified atom stereocenters. The van der Waals surface area contributed by atoms with Gasteiger partial charge in [-0.25, -0.2) is 0 Å². The Balaban J connectivity index is 2.07. The highest BCUT2D eigenvalue weighted by Crippen LogP contribution is 2.17. The lowest BCUT2D eigenvalue weighted by molar-refractivity contribution is -0.120. The Morgan fingerprint density at radius 2 is 2.00 bits per heavy atom. The highest BCUT2D eigenvalue weighted by atomic mass is 16.1. The summed E-state index contributed by atoms with van der Waals surface area (Å²) in [6, 6.07) is 6.31. The number of Topliss-reactive ketones (excluding diaryl/α,β-unsaturated/α-hetero) is 1. The Labute approximate surface area is 103 Å². The first-order valence-electron chi connectivity index (χ1n) is 6.49. The van der Waals surface area contributed by atoms with Gasteiger partial charge in [0.1, 0.15) is 0 Å². The Kier molecular flexibility index (Phi) is 3.95. The highest BCUT2D eigenvalue weighted by molar-refractivity contribution is 5.86. The molecule has 0 aliphatic carbocycles. The van der Waals surface area contributed by atoms with Crippen LogP contribution in [0.3, 0.4) is 0 Å². The van der Waals surface area contributed by atoms with E-state index in [1.54, 1.807) is 0 Å². The van der Waals surface area contributed by atoms with Crippen molar-refractivity contribution in [2.45, 2.75) is 45.6 Å². The van der Waals surface area contributed by atoms with E-state index in [1.165, 1.54) is 29.5 Å². The first-order valence-corrected chi connectivity index (χ1v) is 6.49. The van der Waals surface area contributed by atoms with E-state index in [1.807, 2.05) is 0 Å². The van der Waals surface area contributed by atoms with Crippen molar-refractivity contribution in [3.63, 3.8) is 0 Å². The van der Waals surface area contributed by atoms with Crippen molar-refractivity contribution in [2.75, 3.05) is 6.54 Å². The third kappa shape index (κ3) is 2.95. The van der Waals surface area contributed by atoms with E-state index in [-0.39, 0.29) is 6.04 Å². The lowest BCUT2D eigenvalue weighted by Crippen LogP contribution is -2.41. The minimum absolute atomic E-state index is 0.0859. The summed E-state index contributed by atoms with van der Waals surface area (Å²) >= 11 is 0. The van der Waals surface area contributed by atoms with Gasteiger partial charge in [0.05, 0.1) is 6.04 Å². The Hall–Kier alpha value is -1.15. The average molecular weight is 231 g/mol. The van der Waals surface area contributed by atoms with Crippen LogP contribution in [0.25, 0.3) is 0 Å². The third-order valence-electron chi connectivity index (χ3n) is 3.69. The van der Waals surface area contributed by atoms with Gasteiger partial charge in [-0.05, 0) is 49.9 Å². The molecule has 1 aliphatic heterocycles. The molecule has 2 rings (SSSR count). The monoisotopic (exact) mass is 231 g/mol. The van der Waals surface area contributed by atoms with Gasteiger partial charge in [-0.15, -0.1) is 0 Å². The topological polar surface area (TPSA) is 29.1 Å². The molecule has 1 saturated heterocycles. The number of nitrogens with one attached hydrogen (secondary N) is 1. The second-order valence-electron chi connectivity index (χ2n) is 5.02. The van der Waals surface area contributed by atoms with Crippen molar-refractivity contribution in [1.29, 1.82) is 0 Å². The molecule has 0 saturated carbocycles. The minimum atomic E-state index is 0.0859. The highest BCUT2D eigenvalue weighted by Gasteiger charge is 2.21. The molecule has 1 atom stereocenters. The van der Waals surface area contributed by atoms with Crippen LogP contribution in [0.5, 0.6) is 0 Å². The zero-order valence-electron chi connectivity index (χ0n) is 10.8. The second kappa shape index (κ2) is 5.46. The van der Waals surface area contributed by atoms with E-state index in [0.29, 0.717) is 12.2 Å². The van der Waals surface area contributed by atoms with Gasteiger partial charge in [-0.3, -0.25) is 4.79 Å². The number of carbonyl (C=O) groups is 1. The van der Waals surface area contributed by atoms with Crippen LogP contribution in [0.4, 0.5) is 0 Å². The number of piperidine rings is 1. The molecule has 17 heavy (non-hydrogen) atoms. The standard InChI is InChI=1S/C15H21NO/c1-11-6-5-7-12(2)13(11)10-15(17)14-8-3-4-9-16-14/h5-7,14,16H,3-4,8-10H2,1-2H3/t14-/m0/s1. The molecular formula is C15H21NO. The maximum atomic E-state index is 12.2. The van der Waals surface area contributed by atoms with Crippen LogP contribution < -0.4 is 5.32 Å². The molecule has 0 bridgehead atoms. The number of hydrogen-bond acceptors (Lipinski definition) is 2. The Morgan fingerprint density at radius 1 is 1.29 bits per heavy atom. The fraction of sp³-hybridized carbons (Fsp3) is 0.533. The van der Waals surface area contributed by atoms with Crippen LogP contribution in [0.1, 0.15) is 36.0 Å². The normalized spacial score (nSPS) is 20.2. The van der Waals surface area contributed by atoms with Crippen LogP contribution in [-0.4, -0.2) is 18.4 Å². The van der Waals surface area contributed by atoms with E-state index in [4.69, 9.17) is 0 Å². The predicted octanol–water partition coefficient (Wildman–Crippen LogP) is 2.56. The molecule has 1 aromatic carbocycles. The largest absolute Gasteiger partial charge is 0.307 e. The van der Waals surface area contributed by atoms with Crippen molar-refractivity contribution < 1.29 is 4.79 Å². The summed E-state index contributed by atoms with van der Waals surface area (Å²) in [7, 11) is 0. The van der Waals surface area contributed by atoms with Gasteiger partial charge in [0, 0.05) is 6.42 Å². The number of benzene rings is 1. The van der Waals surface area contributed by atoms with Crippen LogP contribution in [0, 0.1) is 13.8 Å². The predicted molar refractivity (Wildman–Crippen MR) is 70.3 cm³/mol. The zero-order chi connectivity index (χ0) is 12.3. The molecule has 92 valence electrons. The first kappa shape index (κ1) is 12.3. The van der Waals surface area contributed by atoms with E-state index in [2.05, 4.69) is 37.4 Å². The summed E-state index contributed by atoms with van der Waals surface area (Å²) in [4.78, 5) is 12.2. The molecule has 1 fully saturated rings.